The van der Waals surface area contributed by atoms with E-state index in [1.165, 1.54) is 6.42 Å². The second-order valence-electron chi connectivity index (χ2n) is 5.21. The van der Waals surface area contributed by atoms with Crippen molar-refractivity contribution in [2.75, 3.05) is 18.9 Å². The average Bonchev–Trinajstić information content (AvgIpc) is 2.98. The molecule has 2 amide bonds. The molecule has 2 fully saturated rings. The second-order valence-corrected chi connectivity index (χ2v) is 6.79. The molecule has 0 unspecified atom stereocenters. The third kappa shape index (κ3) is 3.32. The third-order valence-corrected chi connectivity index (χ3v) is 5.20. The minimum absolute atomic E-state index is 0.0266. The van der Waals surface area contributed by atoms with Crippen LogP contribution < -0.4 is 5.32 Å². The fourth-order valence-electron chi connectivity index (χ4n) is 3.01. The molecular weight excluding hydrogens is 248 g/mol. The van der Waals surface area contributed by atoms with Crippen molar-refractivity contribution in [2.45, 2.75) is 56.4 Å². The fourth-order valence-corrected chi connectivity index (χ4v) is 4.15. The van der Waals surface area contributed by atoms with E-state index in [1.807, 2.05) is 11.8 Å². The van der Waals surface area contributed by atoms with Crippen molar-refractivity contribution in [1.82, 2.24) is 10.2 Å². The topological polar surface area (TPSA) is 52.6 Å². The first kappa shape index (κ1) is 14.0. The van der Waals surface area contributed by atoms with Gasteiger partial charge in [-0.3, -0.25) is 0 Å². The van der Waals surface area contributed by atoms with Crippen LogP contribution in [0.25, 0.3) is 0 Å². The van der Waals surface area contributed by atoms with Crippen molar-refractivity contribution >= 4 is 17.8 Å². The van der Waals surface area contributed by atoms with Crippen molar-refractivity contribution in [3.63, 3.8) is 0 Å². The summed E-state index contributed by atoms with van der Waals surface area (Å²) in [6.07, 6.45) is 5.36. The van der Waals surface area contributed by atoms with Crippen molar-refractivity contribution < 1.29 is 9.90 Å². The highest BCUT2D eigenvalue weighted by Crippen LogP contribution is 2.30. The number of nitrogens with zero attached hydrogens (tertiary/aromatic N) is 1. The van der Waals surface area contributed by atoms with Crippen LogP contribution in [0.5, 0.6) is 0 Å². The van der Waals surface area contributed by atoms with Gasteiger partial charge >= 0.3 is 6.03 Å². The van der Waals surface area contributed by atoms with Crippen LogP contribution in [0.1, 0.15) is 39.0 Å². The van der Waals surface area contributed by atoms with Crippen LogP contribution in [-0.2, 0) is 0 Å². The summed E-state index contributed by atoms with van der Waals surface area (Å²) in [4.78, 5) is 13.9. The molecule has 4 nitrogen and oxygen atoms in total. The fraction of sp³-hybridized carbons (Fsp3) is 0.923. The number of likely N-dealkylation sites (tertiary alicyclic amines) is 1. The molecule has 0 radical (unpaired) electrons. The molecule has 1 heterocycles. The maximum Gasteiger partial charge on any atom is 0.317 e. The smallest absolute Gasteiger partial charge is 0.317 e. The van der Waals surface area contributed by atoms with E-state index in [0.717, 1.165) is 38.0 Å². The minimum Gasteiger partial charge on any atom is -0.394 e. The lowest BCUT2D eigenvalue weighted by Gasteiger charge is -2.25. The Morgan fingerprint density at radius 2 is 2.28 bits per heavy atom. The molecule has 0 aromatic heterocycles. The average molecular weight is 272 g/mol. The number of carbonyl (C=O) groups excluding carboxylic acids is 1. The number of hydrogen-bond acceptors (Lipinski definition) is 3. The first-order chi connectivity index (χ1) is 8.74. The highest BCUT2D eigenvalue weighted by molar-refractivity contribution is 7.99. The van der Waals surface area contributed by atoms with E-state index in [-0.39, 0.29) is 18.7 Å². The number of carbonyl (C=O) groups is 1. The van der Waals surface area contributed by atoms with Crippen molar-refractivity contribution in [3.8, 4) is 0 Å². The molecule has 3 atom stereocenters. The Bertz CT molecular complexity index is 288. The van der Waals surface area contributed by atoms with Gasteiger partial charge in [-0.05, 0) is 37.9 Å². The standard InChI is InChI=1S/C13H24N2O2S/c1-2-18-12-6-5-10(8-12)14-13(17)15-7-3-4-11(15)9-16/h10-12,16H,2-9H2,1H3,(H,14,17)/t10-,11+,12+/m0/s1. The molecule has 2 N–H and O–H groups in total. The molecule has 1 aliphatic heterocycles. The van der Waals surface area contributed by atoms with Crippen LogP contribution in [0.15, 0.2) is 0 Å². The Kier molecular flexibility index (Phi) is 5.18. The molecule has 1 aliphatic carbocycles. The van der Waals surface area contributed by atoms with E-state index in [1.54, 1.807) is 4.90 Å². The summed E-state index contributed by atoms with van der Waals surface area (Å²) < 4.78 is 0. The molecule has 18 heavy (non-hydrogen) atoms. The number of urea groups is 1. The Morgan fingerprint density at radius 1 is 1.44 bits per heavy atom. The lowest BCUT2D eigenvalue weighted by molar-refractivity contribution is 0.154. The number of thioether (sulfide) groups is 1. The Morgan fingerprint density at radius 3 is 3.00 bits per heavy atom. The van der Waals surface area contributed by atoms with Crippen molar-refractivity contribution in [3.05, 3.63) is 0 Å². The van der Waals surface area contributed by atoms with Gasteiger partial charge in [-0.2, -0.15) is 11.8 Å². The van der Waals surface area contributed by atoms with Crippen LogP contribution in [0.3, 0.4) is 0 Å². The van der Waals surface area contributed by atoms with Gasteiger partial charge in [-0.15, -0.1) is 0 Å². The van der Waals surface area contributed by atoms with E-state index in [0.29, 0.717) is 11.3 Å². The molecule has 0 aromatic rings. The van der Waals surface area contributed by atoms with Crippen molar-refractivity contribution in [1.29, 1.82) is 0 Å². The molecule has 2 rings (SSSR count). The zero-order valence-corrected chi connectivity index (χ0v) is 11.9. The molecular formula is C13H24N2O2S. The maximum absolute atomic E-state index is 12.1. The number of aliphatic hydroxyl groups is 1. The van der Waals surface area contributed by atoms with Crippen LogP contribution >= 0.6 is 11.8 Å². The molecule has 1 saturated carbocycles. The summed E-state index contributed by atoms with van der Waals surface area (Å²) in [5.41, 5.74) is 0. The second kappa shape index (κ2) is 6.66. The number of hydrogen-bond donors (Lipinski definition) is 2. The van der Waals surface area contributed by atoms with E-state index in [2.05, 4.69) is 12.2 Å². The molecule has 104 valence electrons. The van der Waals surface area contributed by atoms with Gasteiger partial charge in [-0.25, -0.2) is 4.79 Å². The van der Waals surface area contributed by atoms with E-state index >= 15 is 0 Å². The minimum atomic E-state index is 0.0266. The summed E-state index contributed by atoms with van der Waals surface area (Å²) in [5, 5.41) is 13.1. The highest BCUT2D eigenvalue weighted by Gasteiger charge is 2.31. The lowest BCUT2D eigenvalue weighted by atomic mass is 10.2. The van der Waals surface area contributed by atoms with Gasteiger partial charge in [0.2, 0.25) is 0 Å². The van der Waals surface area contributed by atoms with Crippen LogP contribution in [0.2, 0.25) is 0 Å². The molecule has 2 aliphatic rings. The molecule has 0 aromatic carbocycles. The number of amides is 2. The first-order valence-corrected chi connectivity index (χ1v) is 8.09. The van der Waals surface area contributed by atoms with Gasteiger partial charge in [0.05, 0.1) is 12.6 Å². The highest BCUT2D eigenvalue weighted by atomic mass is 32.2. The molecule has 0 spiro atoms. The summed E-state index contributed by atoms with van der Waals surface area (Å²) in [6.45, 7) is 3.07. The van der Waals surface area contributed by atoms with Crippen LogP contribution in [0.4, 0.5) is 4.79 Å². The number of aliphatic hydroxyl groups excluding tert-OH is 1. The predicted octanol–water partition coefficient (Wildman–Crippen LogP) is 1.83. The van der Waals surface area contributed by atoms with Gasteiger partial charge in [0.15, 0.2) is 0 Å². The van der Waals surface area contributed by atoms with E-state index < -0.39 is 0 Å². The predicted molar refractivity (Wildman–Crippen MR) is 74.9 cm³/mol. The quantitative estimate of drug-likeness (QED) is 0.821. The number of nitrogens with one attached hydrogen (secondary N) is 1. The molecule has 1 saturated heterocycles. The number of rotatable bonds is 4. The summed E-state index contributed by atoms with van der Waals surface area (Å²) in [5.74, 6) is 1.16. The molecule has 0 bridgehead atoms. The Balaban J connectivity index is 1.78. The van der Waals surface area contributed by atoms with Crippen molar-refractivity contribution in [2.24, 2.45) is 0 Å². The van der Waals surface area contributed by atoms with Crippen LogP contribution in [0, 0.1) is 0 Å². The van der Waals surface area contributed by atoms with Gasteiger partial charge < -0.3 is 15.3 Å². The van der Waals surface area contributed by atoms with Gasteiger partial charge in [0.25, 0.3) is 0 Å². The summed E-state index contributed by atoms with van der Waals surface area (Å²) in [7, 11) is 0. The summed E-state index contributed by atoms with van der Waals surface area (Å²) >= 11 is 2.00. The zero-order chi connectivity index (χ0) is 13.0. The molecule has 5 heteroatoms. The Labute approximate surface area is 113 Å². The SMILES string of the molecule is CCS[C@@H]1CC[C@H](NC(=O)N2CCC[C@@H]2CO)C1. The Hall–Kier alpha value is -0.420. The van der Waals surface area contributed by atoms with Gasteiger partial charge in [-0.1, -0.05) is 6.92 Å². The maximum atomic E-state index is 12.1. The van der Waals surface area contributed by atoms with E-state index in [9.17, 15) is 9.90 Å². The third-order valence-electron chi connectivity index (χ3n) is 3.96. The van der Waals surface area contributed by atoms with E-state index in [4.69, 9.17) is 0 Å². The van der Waals surface area contributed by atoms with Gasteiger partial charge in [0.1, 0.15) is 0 Å². The van der Waals surface area contributed by atoms with Crippen LogP contribution in [-0.4, -0.2) is 52.3 Å². The largest absolute Gasteiger partial charge is 0.394 e. The first-order valence-electron chi connectivity index (χ1n) is 7.04. The zero-order valence-electron chi connectivity index (χ0n) is 11.1. The summed E-state index contributed by atoms with van der Waals surface area (Å²) in [6, 6.07) is 0.396. The van der Waals surface area contributed by atoms with Gasteiger partial charge in [0, 0.05) is 17.8 Å². The monoisotopic (exact) mass is 272 g/mol. The lowest BCUT2D eigenvalue weighted by Crippen LogP contribution is -2.47. The normalized spacial score (nSPS) is 31.9.